The molecule has 9 heavy (non-hydrogen) atoms. The van der Waals surface area contributed by atoms with E-state index in [2.05, 4.69) is 0 Å². The molecule has 0 amide bonds. The highest BCUT2D eigenvalue weighted by molar-refractivity contribution is 4.72. The van der Waals surface area contributed by atoms with Gasteiger partial charge in [0, 0.05) is 6.42 Å². The molecule has 0 aromatic heterocycles. The van der Waals surface area contributed by atoms with Crippen LogP contribution < -0.4 is 5.26 Å². The molecule has 0 aromatic carbocycles. The van der Waals surface area contributed by atoms with Crippen molar-refractivity contribution in [2.45, 2.75) is 31.7 Å². The molecule has 2 saturated heterocycles. The van der Waals surface area contributed by atoms with Crippen LogP contribution in [0.2, 0.25) is 0 Å². The minimum atomic E-state index is -0.177. The molecular formula is C6H10O3. The van der Waals surface area contributed by atoms with E-state index in [1.165, 1.54) is 0 Å². The maximum atomic E-state index is 10.8. The van der Waals surface area contributed by atoms with Crippen LogP contribution in [0.5, 0.6) is 0 Å². The van der Waals surface area contributed by atoms with Crippen molar-refractivity contribution < 1.29 is 14.5 Å². The van der Waals surface area contributed by atoms with Crippen molar-refractivity contribution in [1.29, 1.82) is 0 Å². The predicted molar refractivity (Wildman–Crippen MR) is 28.5 cm³/mol. The molecule has 2 aliphatic rings. The van der Waals surface area contributed by atoms with Crippen molar-refractivity contribution in [2.75, 3.05) is 6.61 Å². The van der Waals surface area contributed by atoms with Crippen molar-refractivity contribution in [3.05, 3.63) is 0 Å². The van der Waals surface area contributed by atoms with E-state index in [1.54, 1.807) is 4.52 Å². The monoisotopic (exact) mass is 130 g/mol. The lowest BCUT2D eigenvalue weighted by molar-refractivity contribution is -0.808. The molecule has 2 rings (SSSR count). The van der Waals surface area contributed by atoms with Gasteiger partial charge in [-0.1, -0.05) is 0 Å². The van der Waals surface area contributed by atoms with Crippen molar-refractivity contribution in [1.82, 2.24) is 0 Å². The Bertz CT molecular complexity index is 113. The summed E-state index contributed by atoms with van der Waals surface area (Å²) in [4.78, 5) is 0. The third kappa shape index (κ3) is 0.852. The summed E-state index contributed by atoms with van der Waals surface area (Å²) < 4.78 is 7.09. The minimum absolute atomic E-state index is 0.177. The molecular weight excluding hydrogens is 120 g/mol. The topological polar surface area (TPSA) is 35.0 Å². The van der Waals surface area contributed by atoms with Gasteiger partial charge >= 0.3 is 0 Å². The fraction of sp³-hybridized carbons (Fsp3) is 1.00. The van der Waals surface area contributed by atoms with E-state index in [0.29, 0.717) is 6.61 Å². The van der Waals surface area contributed by atoms with Crippen molar-refractivity contribution in [3.8, 4) is 0 Å². The Kier molecular flexibility index (Phi) is 1.22. The zero-order valence-electron chi connectivity index (χ0n) is 5.21. The molecule has 0 aliphatic carbocycles. The fourth-order valence-corrected chi connectivity index (χ4v) is 1.47. The molecule has 0 aromatic rings. The Balaban J connectivity index is 2.07. The number of ether oxygens (including phenoxy) is 1. The first-order valence-electron chi connectivity index (χ1n) is 3.39. The Morgan fingerprint density at radius 3 is 3.00 bits per heavy atom. The van der Waals surface area contributed by atoms with Gasteiger partial charge in [0.2, 0.25) is 0 Å². The van der Waals surface area contributed by atoms with Gasteiger partial charge in [-0.05, 0) is 12.8 Å². The molecule has 3 heteroatoms. The fourth-order valence-electron chi connectivity index (χ4n) is 1.47. The summed E-state index contributed by atoms with van der Waals surface area (Å²) in [5.41, 5.74) is 0. The van der Waals surface area contributed by atoms with Crippen LogP contribution >= 0.6 is 0 Å². The lowest BCUT2D eigenvalue weighted by Gasteiger charge is -2.20. The van der Waals surface area contributed by atoms with E-state index in [0.717, 1.165) is 19.3 Å². The van der Waals surface area contributed by atoms with Gasteiger partial charge in [0.1, 0.15) is 6.10 Å². The first kappa shape index (κ1) is 5.65. The molecule has 0 saturated carbocycles. The summed E-state index contributed by atoms with van der Waals surface area (Å²) in [6, 6.07) is 0. The number of hydrogen-bond donors (Lipinski definition) is 0. The van der Waals surface area contributed by atoms with Gasteiger partial charge in [0.05, 0.1) is 0 Å². The normalized spacial score (nSPS) is 43.7. The van der Waals surface area contributed by atoms with E-state index < -0.39 is 0 Å². The first-order chi connectivity index (χ1) is 4.36. The molecule has 2 heterocycles. The van der Waals surface area contributed by atoms with Gasteiger partial charge < -0.3 is 14.5 Å². The molecule has 2 aliphatic heterocycles. The second-order valence-corrected chi connectivity index (χ2v) is 2.67. The van der Waals surface area contributed by atoms with E-state index in [9.17, 15) is 5.26 Å². The largest absolute Gasteiger partial charge is 0.532 e. The summed E-state index contributed by atoms with van der Waals surface area (Å²) in [5.74, 6) is 0. The smallest absolute Gasteiger partial charge is 0.271 e. The molecule has 2 unspecified atom stereocenters. The lowest BCUT2D eigenvalue weighted by Crippen LogP contribution is -2.31. The Morgan fingerprint density at radius 1 is 1.44 bits per heavy atom. The molecule has 3 nitrogen and oxygen atoms in total. The van der Waals surface area contributed by atoms with Crippen LogP contribution in [0.25, 0.3) is 0 Å². The van der Waals surface area contributed by atoms with Gasteiger partial charge in [-0.2, -0.15) is 0 Å². The van der Waals surface area contributed by atoms with Crippen LogP contribution in [-0.2, 0) is 9.25 Å². The van der Waals surface area contributed by atoms with E-state index in [4.69, 9.17) is 4.74 Å². The Labute approximate surface area is 53.8 Å². The van der Waals surface area contributed by atoms with Gasteiger partial charge in [-0.25, -0.2) is 0 Å². The number of fused-ring (bicyclic) bond motifs is 2. The van der Waals surface area contributed by atoms with Crippen LogP contribution in [0.4, 0.5) is 0 Å². The Hall–Kier alpha value is -0.120. The molecule has 2 fully saturated rings. The SMILES string of the molecule is [O-][O+]1CC2CCCC1O2. The third-order valence-corrected chi connectivity index (χ3v) is 1.95. The molecule has 0 spiro atoms. The summed E-state index contributed by atoms with van der Waals surface area (Å²) in [6.07, 6.45) is 3.13. The van der Waals surface area contributed by atoms with Crippen molar-refractivity contribution >= 4 is 0 Å². The van der Waals surface area contributed by atoms with Crippen LogP contribution in [0, 0.1) is 0 Å². The second-order valence-electron chi connectivity index (χ2n) is 2.67. The van der Waals surface area contributed by atoms with Gasteiger partial charge in [0.15, 0.2) is 6.61 Å². The molecule has 0 N–H and O–H groups in total. The van der Waals surface area contributed by atoms with Crippen LogP contribution in [0.3, 0.4) is 0 Å². The van der Waals surface area contributed by atoms with Gasteiger partial charge in [-0.3, -0.25) is 0 Å². The summed E-state index contributed by atoms with van der Waals surface area (Å²) in [5, 5.41) is 10.8. The van der Waals surface area contributed by atoms with E-state index in [-0.39, 0.29) is 12.4 Å². The number of rotatable bonds is 0. The van der Waals surface area contributed by atoms with Crippen molar-refractivity contribution in [2.24, 2.45) is 0 Å². The first-order valence-corrected chi connectivity index (χ1v) is 3.39. The van der Waals surface area contributed by atoms with E-state index in [1.807, 2.05) is 0 Å². The van der Waals surface area contributed by atoms with Crippen LogP contribution in [-0.4, -0.2) is 19.0 Å². The average Bonchev–Trinajstić information content (AvgIpc) is 2.09. The van der Waals surface area contributed by atoms with E-state index >= 15 is 0 Å². The van der Waals surface area contributed by atoms with Crippen LogP contribution in [0.1, 0.15) is 19.3 Å². The predicted octanol–water partition coefficient (Wildman–Crippen LogP) is -0.277. The molecule has 2 bridgehead atoms. The maximum absolute atomic E-state index is 10.8. The van der Waals surface area contributed by atoms with Crippen LogP contribution in [0.15, 0.2) is 0 Å². The standard InChI is InChI=1S/C6H10O3/c7-9-4-5-2-1-3-6(9)8-5/h5-6H,1-4H2. The van der Waals surface area contributed by atoms with Gasteiger partial charge in [-0.15, -0.1) is 0 Å². The highest BCUT2D eigenvalue weighted by Crippen LogP contribution is 2.28. The Morgan fingerprint density at radius 2 is 2.33 bits per heavy atom. The lowest BCUT2D eigenvalue weighted by atomic mass is 10.1. The molecule has 2 atom stereocenters. The second kappa shape index (κ2) is 1.94. The number of hydrogen-bond acceptors (Lipinski definition) is 2. The summed E-state index contributed by atoms with van der Waals surface area (Å²) in [6.45, 7) is 0.519. The third-order valence-electron chi connectivity index (χ3n) is 1.95. The minimum Gasteiger partial charge on any atom is -0.532 e. The van der Waals surface area contributed by atoms with Gasteiger partial charge in [0.25, 0.3) is 6.29 Å². The zero-order chi connectivity index (χ0) is 6.27. The van der Waals surface area contributed by atoms with Crippen molar-refractivity contribution in [3.63, 3.8) is 0 Å². The quantitative estimate of drug-likeness (QED) is 0.334. The summed E-state index contributed by atoms with van der Waals surface area (Å²) >= 11 is 0. The zero-order valence-corrected chi connectivity index (χ0v) is 5.21. The maximum Gasteiger partial charge on any atom is 0.271 e. The highest BCUT2D eigenvalue weighted by atomic mass is 17.3. The summed E-state index contributed by atoms with van der Waals surface area (Å²) in [7, 11) is 0. The highest BCUT2D eigenvalue weighted by Gasteiger charge is 2.38. The molecule has 0 radical (unpaired) electrons. The average molecular weight is 130 g/mol. The molecule has 52 valence electrons.